The molecule has 2 unspecified atom stereocenters. The third-order valence-corrected chi connectivity index (χ3v) is 4.21. The summed E-state index contributed by atoms with van der Waals surface area (Å²) >= 11 is 1.49. The molecule has 1 aliphatic rings. The van der Waals surface area contributed by atoms with Crippen LogP contribution in [0.5, 0.6) is 0 Å². The van der Waals surface area contributed by atoms with Crippen LogP contribution in [-0.2, 0) is 4.79 Å². The van der Waals surface area contributed by atoms with E-state index < -0.39 is 11.4 Å². The maximum absolute atomic E-state index is 11.8. The first kappa shape index (κ1) is 12.9. The molecule has 18 heavy (non-hydrogen) atoms. The lowest BCUT2D eigenvalue weighted by atomic mass is 9.85. The van der Waals surface area contributed by atoms with E-state index in [2.05, 4.69) is 10.6 Å². The van der Waals surface area contributed by atoms with Gasteiger partial charge < -0.3 is 15.7 Å². The van der Waals surface area contributed by atoms with Crippen molar-refractivity contribution in [1.82, 2.24) is 5.32 Å². The van der Waals surface area contributed by atoms with E-state index in [9.17, 15) is 14.7 Å². The number of anilines is 1. The molecule has 0 aromatic carbocycles. The van der Waals surface area contributed by atoms with E-state index in [0.717, 1.165) is 12.1 Å². The van der Waals surface area contributed by atoms with Gasteiger partial charge in [0.25, 0.3) is 0 Å². The molecule has 1 fully saturated rings. The first-order chi connectivity index (χ1) is 8.52. The van der Waals surface area contributed by atoms with Gasteiger partial charge in [-0.25, -0.2) is 4.79 Å². The number of carboxylic acid groups (broad SMARTS) is 1. The zero-order valence-corrected chi connectivity index (χ0v) is 10.9. The van der Waals surface area contributed by atoms with Crippen molar-refractivity contribution in [3.8, 4) is 0 Å². The standard InChI is InChI=1S/C12H16N2O3S/c1-12(10(15)16)5-2-3-9(12)14-11(17)13-8-4-6-18-7-8/h4,6-7,9H,2-3,5H2,1H3,(H,15,16)(H2,13,14,17). The lowest BCUT2D eigenvalue weighted by Gasteiger charge is -2.27. The van der Waals surface area contributed by atoms with Crippen LogP contribution < -0.4 is 10.6 Å². The smallest absolute Gasteiger partial charge is 0.319 e. The zero-order chi connectivity index (χ0) is 13.2. The first-order valence-corrected chi connectivity index (χ1v) is 6.80. The number of carbonyl (C=O) groups is 2. The number of hydrogen-bond donors (Lipinski definition) is 3. The molecular weight excluding hydrogens is 252 g/mol. The van der Waals surface area contributed by atoms with E-state index in [0.29, 0.717) is 12.8 Å². The fourth-order valence-electron chi connectivity index (χ4n) is 2.31. The maximum Gasteiger partial charge on any atom is 0.319 e. The highest BCUT2D eigenvalue weighted by atomic mass is 32.1. The van der Waals surface area contributed by atoms with Crippen LogP contribution in [-0.4, -0.2) is 23.1 Å². The lowest BCUT2D eigenvalue weighted by Crippen LogP contribution is -2.48. The zero-order valence-electron chi connectivity index (χ0n) is 10.1. The summed E-state index contributed by atoms with van der Waals surface area (Å²) in [6.07, 6.45) is 2.14. The summed E-state index contributed by atoms with van der Waals surface area (Å²) in [4.78, 5) is 23.0. The van der Waals surface area contributed by atoms with Crippen molar-refractivity contribution in [1.29, 1.82) is 0 Å². The molecule has 0 radical (unpaired) electrons. The van der Waals surface area contributed by atoms with Crippen LogP contribution in [0.15, 0.2) is 16.8 Å². The van der Waals surface area contributed by atoms with E-state index in [1.54, 1.807) is 13.0 Å². The molecule has 6 heteroatoms. The van der Waals surface area contributed by atoms with E-state index in [-0.39, 0.29) is 12.1 Å². The average molecular weight is 268 g/mol. The van der Waals surface area contributed by atoms with Gasteiger partial charge in [-0.2, -0.15) is 11.3 Å². The predicted molar refractivity (Wildman–Crippen MR) is 69.9 cm³/mol. The highest BCUT2D eigenvalue weighted by Crippen LogP contribution is 2.38. The number of rotatable bonds is 3. The summed E-state index contributed by atoms with van der Waals surface area (Å²) in [6, 6.07) is 1.15. The SMILES string of the molecule is CC1(C(=O)O)CCCC1NC(=O)Nc1ccsc1. The second-order valence-electron chi connectivity index (χ2n) is 4.78. The number of urea groups is 1. The van der Waals surface area contributed by atoms with Gasteiger partial charge in [-0.15, -0.1) is 0 Å². The molecule has 1 aliphatic carbocycles. The Morgan fingerprint density at radius 1 is 1.56 bits per heavy atom. The van der Waals surface area contributed by atoms with Gasteiger partial charge in [0.1, 0.15) is 0 Å². The third-order valence-electron chi connectivity index (χ3n) is 3.53. The number of thiophene rings is 1. The summed E-state index contributed by atoms with van der Waals surface area (Å²) in [5.74, 6) is -0.846. The normalized spacial score (nSPS) is 26.8. The van der Waals surface area contributed by atoms with Gasteiger partial charge in [0.2, 0.25) is 0 Å². The number of amides is 2. The summed E-state index contributed by atoms with van der Waals surface area (Å²) in [5, 5.41) is 18.4. The summed E-state index contributed by atoms with van der Waals surface area (Å²) in [5.41, 5.74) is -0.126. The minimum absolute atomic E-state index is 0.311. The Morgan fingerprint density at radius 3 is 2.94 bits per heavy atom. The quantitative estimate of drug-likeness (QED) is 0.788. The van der Waals surface area contributed by atoms with Gasteiger partial charge in [0.05, 0.1) is 11.1 Å². The van der Waals surface area contributed by atoms with Crippen LogP contribution in [0, 0.1) is 5.41 Å². The third kappa shape index (κ3) is 2.48. The van der Waals surface area contributed by atoms with Gasteiger partial charge in [-0.1, -0.05) is 6.42 Å². The number of aliphatic carboxylic acids is 1. The van der Waals surface area contributed by atoms with E-state index in [1.807, 2.05) is 10.8 Å². The lowest BCUT2D eigenvalue weighted by molar-refractivity contribution is -0.148. The van der Waals surface area contributed by atoms with Crippen molar-refractivity contribution in [2.75, 3.05) is 5.32 Å². The van der Waals surface area contributed by atoms with Crippen LogP contribution in [0.1, 0.15) is 26.2 Å². The van der Waals surface area contributed by atoms with Crippen molar-refractivity contribution in [2.45, 2.75) is 32.2 Å². The molecule has 5 nitrogen and oxygen atoms in total. The molecule has 1 aromatic rings. The molecule has 1 aromatic heterocycles. The van der Waals surface area contributed by atoms with Crippen molar-refractivity contribution in [3.63, 3.8) is 0 Å². The summed E-state index contributed by atoms with van der Waals surface area (Å²) < 4.78 is 0. The van der Waals surface area contributed by atoms with Crippen molar-refractivity contribution in [3.05, 3.63) is 16.8 Å². The number of nitrogens with one attached hydrogen (secondary N) is 2. The van der Waals surface area contributed by atoms with E-state index >= 15 is 0 Å². The molecule has 0 spiro atoms. The Labute approximate surface area is 109 Å². The monoisotopic (exact) mass is 268 g/mol. The van der Waals surface area contributed by atoms with E-state index in [4.69, 9.17) is 0 Å². The molecule has 2 rings (SSSR count). The van der Waals surface area contributed by atoms with Gasteiger partial charge in [0.15, 0.2) is 0 Å². The summed E-state index contributed by atoms with van der Waals surface area (Å²) in [6.45, 7) is 1.69. The van der Waals surface area contributed by atoms with Crippen molar-refractivity contribution >= 4 is 29.0 Å². The molecule has 2 amide bonds. The van der Waals surface area contributed by atoms with Crippen LogP contribution in [0.3, 0.4) is 0 Å². The number of hydrogen-bond acceptors (Lipinski definition) is 3. The average Bonchev–Trinajstić information content (AvgIpc) is 2.90. The fraction of sp³-hybridized carbons (Fsp3) is 0.500. The molecule has 1 saturated carbocycles. The molecular formula is C12H16N2O3S. The number of carboxylic acids is 1. The Hall–Kier alpha value is -1.56. The molecule has 0 bridgehead atoms. The van der Waals surface area contributed by atoms with Crippen LogP contribution in [0.2, 0.25) is 0 Å². The van der Waals surface area contributed by atoms with Crippen molar-refractivity contribution < 1.29 is 14.7 Å². The summed E-state index contributed by atoms with van der Waals surface area (Å²) in [7, 11) is 0. The van der Waals surface area contributed by atoms with Gasteiger partial charge >= 0.3 is 12.0 Å². The Kier molecular flexibility index (Phi) is 3.56. The second kappa shape index (κ2) is 4.97. The Morgan fingerprint density at radius 2 is 2.33 bits per heavy atom. The van der Waals surface area contributed by atoms with Crippen LogP contribution in [0.4, 0.5) is 10.5 Å². The van der Waals surface area contributed by atoms with Gasteiger partial charge in [0, 0.05) is 11.4 Å². The van der Waals surface area contributed by atoms with Crippen molar-refractivity contribution in [2.24, 2.45) is 5.41 Å². The number of carbonyl (C=O) groups excluding carboxylic acids is 1. The second-order valence-corrected chi connectivity index (χ2v) is 5.56. The molecule has 0 saturated heterocycles. The van der Waals surface area contributed by atoms with Gasteiger partial charge in [-0.05, 0) is 31.2 Å². The Bertz CT molecular complexity index is 446. The Balaban J connectivity index is 1.96. The molecule has 1 heterocycles. The molecule has 0 aliphatic heterocycles. The minimum Gasteiger partial charge on any atom is -0.481 e. The fourth-order valence-corrected chi connectivity index (χ4v) is 2.90. The minimum atomic E-state index is -0.855. The molecule has 2 atom stereocenters. The molecule has 98 valence electrons. The highest BCUT2D eigenvalue weighted by molar-refractivity contribution is 7.08. The maximum atomic E-state index is 11.8. The van der Waals surface area contributed by atoms with Crippen LogP contribution in [0.25, 0.3) is 0 Å². The highest BCUT2D eigenvalue weighted by Gasteiger charge is 2.45. The first-order valence-electron chi connectivity index (χ1n) is 5.85. The molecule has 3 N–H and O–H groups in total. The van der Waals surface area contributed by atoms with E-state index in [1.165, 1.54) is 11.3 Å². The predicted octanol–water partition coefficient (Wildman–Crippen LogP) is 2.51. The van der Waals surface area contributed by atoms with Gasteiger partial charge in [-0.3, -0.25) is 4.79 Å². The topological polar surface area (TPSA) is 78.4 Å². The van der Waals surface area contributed by atoms with Crippen LogP contribution >= 0.6 is 11.3 Å². The largest absolute Gasteiger partial charge is 0.481 e.